The van der Waals surface area contributed by atoms with Crippen molar-refractivity contribution in [1.82, 2.24) is 5.32 Å². The lowest BCUT2D eigenvalue weighted by atomic mass is 9.84. The van der Waals surface area contributed by atoms with Crippen LogP contribution in [0.1, 0.15) is 51.4 Å². The quantitative estimate of drug-likeness (QED) is 0.651. The van der Waals surface area contributed by atoms with Crippen LogP contribution in [0, 0.1) is 5.92 Å². The van der Waals surface area contributed by atoms with Crippen molar-refractivity contribution >= 4 is 17.5 Å². The van der Waals surface area contributed by atoms with Crippen molar-refractivity contribution in [2.24, 2.45) is 10.9 Å². The van der Waals surface area contributed by atoms with E-state index in [0.717, 1.165) is 16.8 Å². The zero-order valence-electron chi connectivity index (χ0n) is 19.3. The molecule has 0 saturated heterocycles. The molecule has 32 heavy (non-hydrogen) atoms. The van der Waals surface area contributed by atoms with Crippen LogP contribution in [0.4, 0.5) is 0 Å². The van der Waals surface area contributed by atoms with Crippen LogP contribution in [0.5, 0.6) is 17.2 Å². The van der Waals surface area contributed by atoms with E-state index in [1.54, 1.807) is 18.2 Å². The van der Waals surface area contributed by atoms with Crippen molar-refractivity contribution < 1.29 is 23.8 Å². The molecular formula is C25H30N2O5. The molecule has 1 heterocycles. The molecule has 1 atom stereocenters. The number of fused-ring (bicyclic) bond motifs is 1. The predicted molar refractivity (Wildman–Crippen MR) is 124 cm³/mol. The van der Waals surface area contributed by atoms with Gasteiger partial charge >= 0.3 is 0 Å². The number of rotatable bonds is 8. The number of allylic oxidation sites excluding steroid dienone is 3. The molecule has 1 aliphatic carbocycles. The lowest BCUT2D eigenvalue weighted by Gasteiger charge is -2.29. The summed E-state index contributed by atoms with van der Waals surface area (Å²) in [4.78, 5) is 29.6. The molecule has 1 aromatic carbocycles. The summed E-state index contributed by atoms with van der Waals surface area (Å²) in [5.74, 6) is 0.817. The van der Waals surface area contributed by atoms with Crippen molar-refractivity contribution in [2.45, 2.75) is 41.0 Å². The topological polar surface area (TPSA) is 86.2 Å². The van der Waals surface area contributed by atoms with E-state index in [9.17, 15) is 9.59 Å². The molecule has 170 valence electrons. The highest BCUT2D eigenvalue weighted by atomic mass is 16.5. The Labute approximate surface area is 188 Å². The van der Waals surface area contributed by atoms with Gasteiger partial charge in [-0.3, -0.25) is 9.59 Å². The summed E-state index contributed by atoms with van der Waals surface area (Å²) >= 11 is 0. The first-order valence-electron chi connectivity index (χ1n) is 11.0. The van der Waals surface area contributed by atoms with Crippen LogP contribution in [0.15, 0.2) is 52.2 Å². The molecule has 1 aromatic rings. The van der Waals surface area contributed by atoms with E-state index in [1.807, 2.05) is 46.8 Å². The van der Waals surface area contributed by atoms with Crippen molar-refractivity contribution in [2.75, 3.05) is 19.8 Å². The molecule has 0 spiro atoms. The minimum Gasteiger partial charge on any atom is -0.490 e. The third-order valence-corrected chi connectivity index (χ3v) is 5.31. The number of benzene rings is 1. The Balaban J connectivity index is 1.94. The average Bonchev–Trinajstić information content (AvgIpc) is 2.76. The van der Waals surface area contributed by atoms with Crippen molar-refractivity contribution in [3.05, 3.63) is 52.8 Å². The van der Waals surface area contributed by atoms with Crippen LogP contribution < -0.4 is 19.5 Å². The van der Waals surface area contributed by atoms with E-state index >= 15 is 0 Å². The van der Waals surface area contributed by atoms with Crippen LogP contribution in [0.2, 0.25) is 0 Å². The Hall–Kier alpha value is -3.35. The number of nitrogens with one attached hydrogen (secondary N) is 1. The molecule has 2 aliphatic rings. The highest BCUT2D eigenvalue weighted by Crippen LogP contribution is 2.39. The van der Waals surface area contributed by atoms with Crippen LogP contribution >= 0.6 is 0 Å². The number of hydrogen-bond acceptors (Lipinski definition) is 5. The summed E-state index contributed by atoms with van der Waals surface area (Å²) in [6.45, 7) is 10.8. The van der Waals surface area contributed by atoms with E-state index in [-0.39, 0.29) is 11.8 Å². The van der Waals surface area contributed by atoms with Gasteiger partial charge in [0.2, 0.25) is 5.75 Å². The van der Waals surface area contributed by atoms with Gasteiger partial charge < -0.3 is 19.5 Å². The number of aliphatic imine (C=N–C) groups is 1. The molecule has 0 aromatic heterocycles. The van der Waals surface area contributed by atoms with E-state index in [2.05, 4.69) is 10.3 Å². The van der Waals surface area contributed by atoms with Crippen LogP contribution in [0.3, 0.4) is 0 Å². The number of carbonyl (C=O) groups excluding carboxylic acids is 2. The Morgan fingerprint density at radius 2 is 1.66 bits per heavy atom. The fraction of sp³-hybridized carbons (Fsp3) is 0.400. The fourth-order valence-corrected chi connectivity index (χ4v) is 3.86. The number of carbonyl (C=O) groups is 2. The zero-order chi connectivity index (χ0) is 23.3. The number of ether oxygens (including phenoxy) is 3. The van der Waals surface area contributed by atoms with Gasteiger partial charge in [0.25, 0.3) is 11.8 Å². The largest absolute Gasteiger partial charge is 0.490 e. The van der Waals surface area contributed by atoms with Gasteiger partial charge in [0.1, 0.15) is 0 Å². The van der Waals surface area contributed by atoms with Gasteiger partial charge in [-0.1, -0.05) is 18.6 Å². The van der Waals surface area contributed by atoms with Crippen LogP contribution in [-0.2, 0) is 4.79 Å². The maximum atomic E-state index is 13.0. The Bertz CT molecular complexity index is 1010. The predicted octanol–water partition coefficient (Wildman–Crippen LogP) is 4.39. The fourth-order valence-electron chi connectivity index (χ4n) is 3.86. The summed E-state index contributed by atoms with van der Waals surface area (Å²) in [7, 11) is 0. The summed E-state index contributed by atoms with van der Waals surface area (Å²) in [6.07, 6.45) is 6.19. The summed E-state index contributed by atoms with van der Waals surface area (Å²) in [5, 5.41) is 2.93. The second-order valence-electron chi connectivity index (χ2n) is 7.35. The van der Waals surface area contributed by atoms with Crippen molar-refractivity contribution in [1.29, 1.82) is 0 Å². The lowest BCUT2D eigenvalue weighted by molar-refractivity contribution is -0.117. The Morgan fingerprint density at radius 3 is 2.22 bits per heavy atom. The monoisotopic (exact) mass is 438 g/mol. The standard InChI is InChI=1S/C25H30N2O5/c1-6-18-15(5)19-11-10-17(14-20(19)27-25(18)29)26-24(28)16-12-21(30-7-2)23(32-9-4)22(13-16)31-8-3/h10-14,19H,6-9H2,1-5H3,(H,27,29). The van der Waals surface area contributed by atoms with Gasteiger partial charge in [-0.05, 0) is 58.4 Å². The molecule has 3 rings (SSSR count). The number of hydrogen-bond donors (Lipinski definition) is 1. The van der Waals surface area contributed by atoms with Crippen molar-refractivity contribution in [3.8, 4) is 17.2 Å². The minimum absolute atomic E-state index is 0.00343. The highest BCUT2D eigenvalue weighted by Gasteiger charge is 2.29. The van der Waals surface area contributed by atoms with E-state index in [4.69, 9.17) is 14.2 Å². The molecular weight excluding hydrogens is 408 g/mol. The third-order valence-electron chi connectivity index (χ3n) is 5.31. The van der Waals surface area contributed by atoms with Gasteiger partial charge in [0.05, 0.1) is 25.5 Å². The summed E-state index contributed by atoms with van der Waals surface area (Å²) < 4.78 is 17.1. The van der Waals surface area contributed by atoms with E-state index < -0.39 is 5.91 Å². The molecule has 7 nitrogen and oxygen atoms in total. The maximum Gasteiger partial charge on any atom is 0.277 e. The van der Waals surface area contributed by atoms with Gasteiger partial charge in [-0.15, -0.1) is 0 Å². The molecule has 0 bridgehead atoms. The Morgan fingerprint density at radius 1 is 1.03 bits per heavy atom. The van der Waals surface area contributed by atoms with E-state index in [1.165, 1.54) is 0 Å². The summed E-state index contributed by atoms with van der Waals surface area (Å²) in [5.41, 5.74) is 3.36. The SMILES string of the molecule is CCOc1cc(C(=O)N=C2C=CC3C(=C2)NC(=O)C(CC)=C3C)cc(OCC)c1OCC. The van der Waals surface area contributed by atoms with Gasteiger partial charge in [0.15, 0.2) is 11.5 Å². The molecule has 1 unspecified atom stereocenters. The molecule has 1 aliphatic heterocycles. The van der Waals surface area contributed by atoms with Crippen LogP contribution in [-0.4, -0.2) is 37.3 Å². The second-order valence-corrected chi connectivity index (χ2v) is 7.35. The smallest absolute Gasteiger partial charge is 0.277 e. The molecule has 2 amide bonds. The average molecular weight is 439 g/mol. The molecule has 1 N–H and O–H groups in total. The second kappa shape index (κ2) is 10.3. The molecule has 7 heteroatoms. The van der Waals surface area contributed by atoms with Crippen LogP contribution in [0.25, 0.3) is 0 Å². The first-order valence-corrected chi connectivity index (χ1v) is 11.0. The lowest BCUT2D eigenvalue weighted by Crippen LogP contribution is -2.36. The highest BCUT2D eigenvalue weighted by molar-refractivity contribution is 6.14. The van der Waals surface area contributed by atoms with Gasteiger partial charge in [0, 0.05) is 22.8 Å². The number of amides is 2. The normalized spacial score (nSPS) is 18.8. The minimum atomic E-state index is -0.437. The van der Waals surface area contributed by atoms with Gasteiger partial charge in [-0.25, -0.2) is 4.99 Å². The van der Waals surface area contributed by atoms with Gasteiger partial charge in [-0.2, -0.15) is 0 Å². The Kier molecular flexibility index (Phi) is 7.51. The summed E-state index contributed by atoms with van der Waals surface area (Å²) in [6, 6.07) is 3.24. The maximum absolute atomic E-state index is 13.0. The molecule has 0 radical (unpaired) electrons. The third kappa shape index (κ3) is 4.77. The molecule has 0 saturated carbocycles. The number of nitrogens with zero attached hydrogens (tertiary/aromatic N) is 1. The van der Waals surface area contributed by atoms with Crippen molar-refractivity contribution in [3.63, 3.8) is 0 Å². The first-order chi connectivity index (χ1) is 15.4. The zero-order valence-corrected chi connectivity index (χ0v) is 19.3. The molecule has 0 fully saturated rings. The van der Waals surface area contributed by atoms with E-state index in [0.29, 0.717) is 54.8 Å². The first kappa shape index (κ1) is 23.3.